The maximum Gasteiger partial charge on any atom is 0.321 e. The third kappa shape index (κ3) is 6.20. The molecule has 33 heavy (non-hydrogen) atoms. The first-order valence-electron chi connectivity index (χ1n) is 11.0. The van der Waals surface area contributed by atoms with Crippen molar-refractivity contribution < 1.29 is 9.59 Å². The van der Waals surface area contributed by atoms with E-state index in [1.54, 1.807) is 11.1 Å². The van der Waals surface area contributed by atoms with E-state index >= 15 is 0 Å². The molecule has 0 bridgehead atoms. The van der Waals surface area contributed by atoms with Gasteiger partial charge >= 0.3 is 6.03 Å². The van der Waals surface area contributed by atoms with Gasteiger partial charge in [-0.05, 0) is 73.7 Å². The number of anilines is 2. The van der Waals surface area contributed by atoms with Crippen LogP contribution in [0.5, 0.6) is 0 Å². The number of pyridine rings is 1. The Morgan fingerprint density at radius 3 is 2.58 bits per heavy atom. The lowest BCUT2D eigenvalue weighted by molar-refractivity contribution is -0.121. The number of urea groups is 1. The lowest BCUT2D eigenvalue weighted by Gasteiger charge is -2.32. The van der Waals surface area contributed by atoms with Crippen LogP contribution in [0, 0.1) is 24.7 Å². The molecule has 2 N–H and O–H groups in total. The Balaban J connectivity index is 1.36. The molecule has 0 saturated carbocycles. The van der Waals surface area contributed by atoms with Gasteiger partial charge in [-0.2, -0.15) is 0 Å². The molecule has 3 aromatic rings. The van der Waals surface area contributed by atoms with Crippen LogP contribution in [-0.2, 0) is 4.79 Å². The zero-order valence-electron chi connectivity index (χ0n) is 18.5. The number of nitrogens with one attached hydrogen (secondary N) is 2. The Kier molecular flexibility index (Phi) is 7.01. The highest BCUT2D eigenvalue weighted by Gasteiger charge is 2.28. The maximum absolute atomic E-state index is 12.9. The molecule has 1 aromatic heterocycles. The van der Waals surface area contributed by atoms with Crippen LogP contribution in [0.4, 0.5) is 16.2 Å². The van der Waals surface area contributed by atoms with E-state index in [-0.39, 0.29) is 17.9 Å². The molecule has 1 aliphatic rings. The van der Waals surface area contributed by atoms with Gasteiger partial charge in [0, 0.05) is 36.2 Å². The number of aryl methyl sites for hydroxylation is 1. The number of rotatable bonds is 3. The van der Waals surface area contributed by atoms with E-state index in [1.807, 2.05) is 73.7 Å². The van der Waals surface area contributed by atoms with Gasteiger partial charge in [-0.1, -0.05) is 30.2 Å². The highest BCUT2D eigenvalue weighted by Crippen LogP contribution is 2.21. The van der Waals surface area contributed by atoms with Gasteiger partial charge in [-0.3, -0.25) is 4.79 Å². The fourth-order valence-electron chi connectivity index (χ4n) is 3.79. The van der Waals surface area contributed by atoms with Crippen LogP contribution < -0.4 is 10.6 Å². The molecule has 1 unspecified atom stereocenters. The second kappa shape index (κ2) is 10.5. The Hall–Kier alpha value is -4.11. The summed E-state index contributed by atoms with van der Waals surface area (Å²) >= 11 is 0. The molecular weight excluding hydrogens is 412 g/mol. The summed E-state index contributed by atoms with van der Waals surface area (Å²) in [5.41, 5.74) is 4.01. The Bertz CT molecular complexity index is 1200. The summed E-state index contributed by atoms with van der Waals surface area (Å²) in [6.07, 6.45) is 3.24. The van der Waals surface area contributed by atoms with Gasteiger partial charge in [0.25, 0.3) is 0 Å². The van der Waals surface area contributed by atoms with Crippen LogP contribution in [-0.4, -0.2) is 34.9 Å². The number of piperidine rings is 1. The fraction of sp³-hybridized carbons (Fsp3) is 0.222. The van der Waals surface area contributed by atoms with Gasteiger partial charge in [0.2, 0.25) is 5.91 Å². The molecule has 1 fully saturated rings. The average molecular weight is 439 g/mol. The SMILES string of the molecule is Cc1cccc(NC(=O)N2CCCC(C(=O)Nc3cccc(C#Cc4ccccn4)c3)C2)c1. The first kappa shape index (κ1) is 22.1. The molecule has 1 aliphatic heterocycles. The monoisotopic (exact) mass is 438 g/mol. The molecule has 0 aliphatic carbocycles. The first-order chi connectivity index (χ1) is 16.1. The van der Waals surface area contributed by atoms with E-state index in [9.17, 15) is 9.59 Å². The van der Waals surface area contributed by atoms with Crippen molar-refractivity contribution in [2.24, 2.45) is 5.92 Å². The van der Waals surface area contributed by atoms with E-state index < -0.39 is 0 Å². The molecule has 0 radical (unpaired) electrons. The maximum atomic E-state index is 12.9. The number of amides is 3. The summed E-state index contributed by atoms with van der Waals surface area (Å²) in [7, 11) is 0. The topological polar surface area (TPSA) is 74.3 Å². The number of hydrogen-bond donors (Lipinski definition) is 2. The molecule has 2 heterocycles. The van der Waals surface area contributed by atoms with Gasteiger partial charge in [0.05, 0.1) is 5.92 Å². The number of carbonyl (C=O) groups is 2. The van der Waals surface area contributed by atoms with Crippen LogP contribution in [0.15, 0.2) is 72.9 Å². The molecule has 0 spiro atoms. The molecule has 1 atom stereocenters. The van der Waals surface area contributed by atoms with Crippen LogP contribution in [0.3, 0.4) is 0 Å². The van der Waals surface area contributed by atoms with Gasteiger partial charge in [0.1, 0.15) is 5.69 Å². The predicted octanol–water partition coefficient (Wildman–Crippen LogP) is 4.67. The minimum Gasteiger partial charge on any atom is -0.326 e. The van der Waals surface area contributed by atoms with Crippen molar-refractivity contribution in [1.29, 1.82) is 0 Å². The minimum absolute atomic E-state index is 0.0853. The van der Waals surface area contributed by atoms with Crippen molar-refractivity contribution >= 4 is 23.3 Å². The summed E-state index contributed by atoms with van der Waals surface area (Å²) in [4.78, 5) is 31.5. The Morgan fingerprint density at radius 2 is 1.79 bits per heavy atom. The highest BCUT2D eigenvalue weighted by molar-refractivity contribution is 5.94. The summed E-state index contributed by atoms with van der Waals surface area (Å²) in [6, 6.07) is 20.5. The van der Waals surface area contributed by atoms with E-state index in [1.165, 1.54) is 0 Å². The van der Waals surface area contributed by atoms with Crippen molar-refractivity contribution in [3.8, 4) is 11.8 Å². The third-order valence-corrected chi connectivity index (χ3v) is 5.48. The quantitative estimate of drug-likeness (QED) is 0.584. The minimum atomic E-state index is -0.259. The first-order valence-corrected chi connectivity index (χ1v) is 11.0. The Morgan fingerprint density at radius 1 is 0.970 bits per heavy atom. The molecule has 1 saturated heterocycles. The normalized spacial score (nSPS) is 15.2. The fourth-order valence-corrected chi connectivity index (χ4v) is 3.79. The van der Waals surface area contributed by atoms with Gasteiger partial charge in [-0.15, -0.1) is 0 Å². The number of likely N-dealkylation sites (tertiary alicyclic amines) is 1. The van der Waals surface area contributed by atoms with Crippen molar-refractivity contribution in [1.82, 2.24) is 9.88 Å². The molecule has 166 valence electrons. The largest absolute Gasteiger partial charge is 0.326 e. The molecular formula is C27H26N4O2. The lowest BCUT2D eigenvalue weighted by Crippen LogP contribution is -2.45. The standard InChI is InChI=1S/C27H26N4O2/c1-20-7-4-11-24(17-20)30-27(33)31-16-6-9-22(19-31)26(32)29-25-12-5-8-21(18-25)13-14-23-10-2-3-15-28-23/h2-5,7-8,10-12,15,17-18,22H,6,9,16,19H2,1H3,(H,29,32)(H,30,33). The predicted molar refractivity (Wildman–Crippen MR) is 130 cm³/mol. The van der Waals surface area contributed by atoms with Crippen LogP contribution in [0.25, 0.3) is 0 Å². The number of benzene rings is 2. The van der Waals surface area contributed by atoms with Crippen LogP contribution >= 0.6 is 0 Å². The summed E-state index contributed by atoms with van der Waals surface area (Å²) in [6.45, 7) is 3.01. The highest BCUT2D eigenvalue weighted by atomic mass is 16.2. The molecule has 6 heteroatoms. The number of nitrogens with zero attached hydrogens (tertiary/aromatic N) is 2. The Labute approximate surface area is 194 Å². The average Bonchev–Trinajstić information content (AvgIpc) is 2.84. The number of aromatic nitrogens is 1. The number of carbonyl (C=O) groups excluding carboxylic acids is 2. The molecule has 2 aromatic carbocycles. The van der Waals surface area contributed by atoms with Crippen LogP contribution in [0.2, 0.25) is 0 Å². The van der Waals surface area contributed by atoms with Crippen molar-refractivity contribution in [3.05, 3.63) is 89.7 Å². The van der Waals surface area contributed by atoms with Crippen molar-refractivity contribution in [3.63, 3.8) is 0 Å². The summed E-state index contributed by atoms with van der Waals surface area (Å²) in [5, 5.41) is 5.92. The van der Waals surface area contributed by atoms with Crippen molar-refractivity contribution in [2.45, 2.75) is 19.8 Å². The van der Waals surface area contributed by atoms with Gasteiger partial charge in [-0.25, -0.2) is 9.78 Å². The molecule has 6 nitrogen and oxygen atoms in total. The van der Waals surface area contributed by atoms with Gasteiger partial charge in [0.15, 0.2) is 0 Å². The van der Waals surface area contributed by atoms with Gasteiger partial charge < -0.3 is 15.5 Å². The second-order valence-corrected chi connectivity index (χ2v) is 8.12. The van der Waals surface area contributed by atoms with Crippen LogP contribution in [0.1, 0.15) is 29.7 Å². The summed E-state index contributed by atoms with van der Waals surface area (Å²) < 4.78 is 0. The zero-order valence-corrected chi connectivity index (χ0v) is 18.5. The number of hydrogen-bond acceptors (Lipinski definition) is 3. The second-order valence-electron chi connectivity index (χ2n) is 8.12. The van der Waals surface area contributed by atoms with E-state index in [0.717, 1.165) is 29.7 Å². The molecule has 3 amide bonds. The zero-order chi connectivity index (χ0) is 23.0. The third-order valence-electron chi connectivity index (χ3n) is 5.48. The summed E-state index contributed by atoms with van der Waals surface area (Å²) in [5.74, 6) is 5.76. The van der Waals surface area contributed by atoms with E-state index in [2.05, 4.69) is 27.5 Å². The molecule has 4 rings (SSSR count). The van der Waals surface area contributed by atoms with E-state index in [0.29, 0.717) is 24.5 Å². The lowest BCUT2D eigenvalue weighted by atomic mass is 9.97. The smallest absolute Gasteiger partial charge is 0.321 e. The van der Waals surface area contributed by atoms with E-state index in [4.69, 9.17) is 0 Å². The van der Waals surface area contributed by atoms with Crippen molar-refractivity contribution in [2.75, 3.05) is 23.7 Å².